The molecule has 0 aliphatic carbocycles. The summed E-state index contributed by atoms with van der Waals surface area (Å²) in [6.45, 7) is 1.82. The van der Waals surface area contributed by atoms with Crippen LogP contribution in [0.2, 0.25) is 0 Å². The fraction of sp³-hybridized carbons (Fsp3) is 0.600. The zero-order valence-electron chi connectivity index (χ0n) is 9.01. The molecular weight excluding hydrogens is 208 g/mol. The third-order valence-corrected chi connectivity index (χ3v) is 2.37. The molecule has 0 saturated carbocycles. The molecule has 0 spiro atoms. The molecule has 0 aromatic heterocycles. The second-order valence-corrected chi connectivity index (χ2v) is 3.47. The average molecular weight is 222 g/mol. The minimum atomic E-state index is -1.16. The fourth-order valence-corrected chi connectivity index (χ4v) is 1.60. The monoisotopic (exact) mass is 222 g/mol. The van der Waals surface area contributed by atoms with Gasteiger partial charge in [0.1, 0.15) is 11.8 Å². The normalized spacial score (nSPS) is 15.2. The Morgan fingerprint density at radius 2 is 1.50 bits per heavy atom. The maximum Gasteiger partial charge on any atom is 0.235 e. The summed E-state index contributed by atoms with van der Waals surface area (Å²) in [6.07, 6.45) is 1.00. The molecule has 0 radical (unpaired) electrons. The molecule has 0 fully saturated rings. The summed E-state index contributed by atoms with van der Waals surface area (Å²) in [4.78, 5) is 22.1. The van der Waals surface area contributed by atoms with E-state index in [1.54, 1.807) is 12.1 Å². The maximum absolute atomic E-state index is 11.0. The lowest BCUT2D eigenvalue weighted by atomic mass is 9.79. The van der Waals surface area contributed by atoms with E-state index < -0.39 is 29.6 Å². The van der Waals surface area contributed by atoms with E-state index in [9.17, 15) is 9.59 Å². The zero-order valence-corrected chi connectivity index (χ0v) is 9.01. The Hall–Kier alpha value is -2.08. The number of primary amides is 2. The Morgan fingerprint density at radius 1 is 1.12 bits per heavy atom. The van der Waals surface area contributed by atoms with Crippen LogP contribution in [0.1, 0.15) is 19.8 Å². The Morgan fingerprint density at radius 3 is 1.69 bits per heavy atom. The third kappa shape index (κ3) is 3.25. The molecule has 0 saturated heterocycles. The maximum atomic E-state index is 11.0. The molecule has 0 aliphatic rings. The van der Waals surface area contributed by atoms with Gasteiger partial charge in [0.25, 0.3) is 0 Å². The second kappa shape index (κ2) is 6.41. The quantitative estimate of drug-likeness (QED) is 0.635. The lowest BCUT2D eigenvalue weighted by molar-refractivity contribution is -0.125. The van der Waals surface area contributed by atoms with Crippen molar-refractivity contribution in [3.63, 3.8) is 0 Å². The van der Waals surface area contributed by atoms with Gasteiger partial charge in [-0.15, -0.1) is 0 Å². The van der Waals surface area contributed by atoms with Crippen LogP contribution < -0.4 is 11.5 Å². The zero-order chi connectivity index (χ0) is 12.7. The summed E-state index contributed by atoms with van der Waals surface area (Å²) in [7, 11) is 0. The average Bonchev–Trinajstić information content (AvgIpc) is 2.18. The molecule has 86 valence electrons. The molecule has 0 aromatic carbocycles. The van der Waals surface area contributed by atoms with Crippen molar-refractivity contribution in [2.45, 2.75) is 19.8 Å². The molecule has 0 aromatic rings. The number of rotatable bonds is 6. The Balaban J connectivity index is 5.13. The molecule has 16 heavy (non-hydrogen) atoms. The van der Waals surface area contributed by atoms with Gasteiger partial charge in [-0.25, -0.2) is 0 Å². The van der Waals surface area contributed by atoms with Crippen LogP contribution in [0.3, 0.4) is 0 Å². The van der Waals surface area contributed by atoms with Crippen LogP contribution >= 0.6 is 0 Å². The number of nitrogens with zero attached hydrogens (tertiary/aromatic N) is 2. The van der Waals surface area contributed by atoms with Crippen LogP contribution in [0.25, 0.3) is 0 Å². The largest absolute Gasteiger partial charge is 0.369 e. The summed E-state index contributed by atoms with van der Waals surface area (Å²) >= 11 is 0. The van der Waals surface area contributed by atoms with Crippen LogP contribution in [0.5, 0.6) is 0 Å². The number of amides is 2. The van der Waals surface area contributed by atoms with Crippen molar-refractivity contribution in [3.05, 3.63) is 0 Å². The number of nitrogens with two attached hydrogens (primary N) is 2. The molecule has 0 heterocycles. The Bertz CT molecular complexity index is 321. The standard InChI is InChI=1S/C10H14N4O2/c1-2-3-6(7(4-11)9(13)15)8(5-12)10(14)16/h6-8H,2-3H2,1H3,(H2,13,15)(H2,14,16). The first-order valence-corrected chi connectivity index (χ1v) is 4.87. The van der Waals surface area contributed by atoms with Crippen LogP contribution in [0.15, 0.2) is 0 Å². The summed E-state index contributed by atoms with van der Waals surface area (Å²) in [5.41, 5.74) is 10.1. The molecule has 4 N–H and O–H groups in total. The van der Waals surface area contributed by atoms with Gasteiger partial charge in [0, 0.05) is 5.92 Å². The van der Waals surface area contributed by atoms with Gasteiger partial charge < -0.3 is 11.5 Å². The van der Waals surface area contributed by atoms with Gasteiger partial charge in [0.2, 0.25) is 11.8 Å². The van der Waals surface area contributed by atoms with Gasteiger partial charge in [-0.1, -0.05) is 13.3 Å². The molecular formula is C10H14N4O2. The molecule has 6 nitrogen and oxygen atoms in total. The predicted octanol–water partition coefficient (Wildman–Crippen LogP) is -0.347. The van der Waals surface area contributed by atoms with E-state index >= 15 is 0 Å². The SMILES string of the molecule is CCCC(C(C#N)C(N)=O)C(C#N)C(N)=O. The first-order valence-electron chi connectivity index (χ1n) is 4.87. The highest BCUT2D eigenvalue weighted by Crippen LogP contribution is 2.25. The number of carbonyl (C=O) groups is 2. The minimum Gasteiger partial charge on any atom is -0.369 e. The molecule has 0 aliphatic heterocycles. The van der Waals surface area contributed by atoms with Crippen LogP contribution in [-0.2, 0) is 9.59 Å². The fourth-order valence-electron chi connectivity index (χ4n) is 1.60. The molecule has 0 bridgehead atoms. The highest BCUT2D eigenvalue weighted by atomic mass is 16.1. The van der Waals surface area contributed by atoms with Gasteiger partial charge in [-0.3, -0.25) is 9.59 Å². The predicted molar refractivity (Wildman–Crippen MR) is 55.0 cm³/mol. The Labute approximate surface area is 93.8 Å². The molecule has 2 unspecified atom stereocenters. The molecule has 2 amide bonds. The van der Waals surface area contributed by atoms with Crippen molar-refractivity contribution >= 4 is 11.8 Å². The van der Waals surface area contributed by atoms with Crippen molar-refractivity contribution in [1.29, 1.82) is 10.5 Å². The van der Waals surface area contributed by atoms with Gasteiger partial charge in [0.05, 0.1) is 12.1 Å². The van der Waals surface area contributed by atoms with Crippen molar-refractivity contribution in [3.8, 4) is 12.1 Å². The number of carbonyl (C=O) groups excluding carboxylic acids is 2. The van der Waals surface area contributed by atoms with Gasteiger partial charge in [-0.2, -0.15) is 10.5 Å². The van der Waals surface area contributed by atoms with Crippen molar-refractivity contribution in [2.24, 2.45) is 29.2 Å². The molecule has 0 rings (SSSR count). The summed E-state index contributed by atoms with van der Waals surface area (Å²) in [5, 5.41) is 17.6. The Kier molecular flexibility index (Phi) is 5.58. The van der Waals surface area contributed by atoms with Crippen molar-refractivity contribution < 1.29 is 9.59 Å². The van der Waals surface area contributed by atoms with E-state index in [0.29, 0.717) is 12.8 Å². The van der Waals surface area contributed by atoms with Crippen molar-refractivity contribution in [2.75, 3.05) is 0 Å². The van der Waals surface area contributed by atoms with Crippen LogP contribution in [-0.4, -0.2) is 11.8 Å². The number of nitriles is 2. The lowest BCUT2D eigenvalue weighted by Gasteiger charge is -2.21. The lowest BCUT2D eigenvalue weighted by Crippen LogP contribution is -2.38. The smallest absolute Gasteiger partial charge is 0.235 e. The first kappa shape index (κ1) is 13.9. The minimum absolute atomic E-state index is 0.377. The van der Waals surface area contributed by atoms with Crippen molar-refractivity contribution in [1.82, 2.24) is 0 Å². The first-order chi connectivity index (χ1) is 7.49. The second-order valence-electron chi connectivity index (χ2n) is 3.47. The van der Waals surface area contributed by atoms with E-state index in [2.05, 4.69) is 0 Å². The van der Waals surface area contributed by atoms with E-state index in [4.69, 9.17) is 22.0 Å². The summed E-state index contributed by atoms with van der Waals surface area (Å²) in [6, 6.07) is 3.45. The van der Waals surface area contributed by atoms with E-state index in [1.807, 2.05) is 6.92 Å². The number of hydrogen-bond acceptors (Lipinski definition) is 4. The summed E-state index contributed by atoms with van der Waals surface area (Å²) < 4.78 is 0. The molecule has 2 atom stereocenters. The highest BCUT2D eigenvalue weighted by molar-refractivity contribution is 5.83. The van der Waals surface area contributed by atoms with Gasteiger partial charge in [-0.05, 0) is 6.42 Å². The van der Waals surface area contributed by atoms with E-state index in [1.165, 1.54) is 0 Å². The topological polar surface area (TPSA) is 134 Å². The van der Waals surface area contributed by atoms with Crippen LogP contribution in [0, 0.1) is 40.4 Å². The number of hydrogen-bond donors (Lipinski definition) is 2. The van der Waals surface area contributed by atoms with E-state index in [0.717, 1.165) is 0 Å². The van der Waals surface area contributed by atoms with Crippen LogP contribution in [0.4, 0.5) is 0 Å². The van der Waals surface area contributed by atoms with Gasteiger partial charge >= 0.3 is 0 Å². The third-order valence-electron chi connectivity index (χ3n) is 2.37. The van der Waals surface area contributed by atoms with Gasteiger partial charge in [0.15, 0.2) is 0 Å². The molecule has 6 heteroatoms. The van der Waals surface area contributed by atoms with E-state index in [-0.39, 0.29) is 0 Å². The summed E-state index contributed by atoms with van der Waals surface area (Å²) in [5.74, 6) is -4.70. The highest BCUT2D eigenvalue weighted by Gasteiger charge is 2.35.